The van der Waals surface area contributed by atoms with Crippen molar-refractivity contribution in [2.45, 2.75) is 44.9 Å². The van der Waals surface area contributed by atoms with Crippen LogP contribution in [0.5, 0.6) is 0 Å². The topological polar surface area (TPSA) is 106 Å². The first kappa shape index (κ1) is 25.0. The van der Waals surface area contributed by atoms with Crippen molar-refractivity contribution in [3.05, 3.63) is 40.7 Å². The molecule has 1 aromatic heterocycles. The number of benzene rings is 1. The maximum absolute atomic E-state index is 13.1. The summed E-state index contributed by atoms with van der Waals surface area (Å²) >= 11 is 0. The van der Waals surface area contributed by atoms with Gasteiger partial charge in [-0.1, -0.05) is 6.07 Å². The largest absolute Gasteiger partial charge is 1.00 e. The molecule has 4 rings (SSSR count). The first-order chi connectivity index (χ1) is 14.9. The summed E-state index contributed by atoms with van der Waals surface area (Å²) in [4.78, 5) is 12.8. The molecule has 170 valence electrons. The monoisotopic (exact) mass is 471 g/mol. The number of carbonyl (C=O) groups is 1. The number of urea groups is 1. The van der Waals surface area contributed by atoms with E-state index in [9.17, 15) is 13.2 Å². The summed E-state index contributed by atoms with van der Waals surface area (Å²) in [6.07, 6.45) is 9.47. The molecular weight excluding hydrogens is 441 g/mol. The average molecular weight is 472 g/mol. The molecule has 0 bridgehead atoms. The van der Waals surface area contributed by atoms with E-state index in [-0.39, 0.29) is 37.5 Å². The molecule has 0 aliphatic heterocycles. The quantitative estimate of drug-likeness (QED) is 0.396. The first-order valence-corrected chi connectivity index (χ1v) is 12.1. The molecule has 0 unspecified atom stereocenters. The summed E-state index contributed by atoms with van der Waals surface area (Å²) in [5.74, 6) is 0. The summed E-state index contributed by atoms with van der Waals surface area (Å²) in [5, 5.41) is 6.93. The molecule has 0 saturated carbocycles. The molecule has 0 spiro atoms. The zero-order valence-corrected chi connectivity index (χ0v) is 21.8. The van der Waals surface area contributed by atoms with Crippen LogP contribution in [0.1, 0.15) is 42.9 Å². The van der Waals surface area contributed by atoms with Crippen molar-refractivity contribution in [2.75, 3.05) is 29.9 Å². The number of ether oxygens (including phenoxy) is 1. The Morgan fingerprint density at radius 3 is 2.44 bits per heavy atom. The van der Waals surface area contributed by atoms with E-state index in [1.54, 1.807) is 20.4 Å². The second-order valence-corrected chi connectivity index (χ2v) is 9.68. The Balaban J connectivity index is 0.00000193. The molecule has 11 heteroatoms. The average Bonchev–Trinajstić information content (AvgIpc) is 3.45. The predicted octanol–water partition coefficient (Wildman–Crippen LogP) is -0.577. The molecule has 2 N–H and O–H groups in total. The second-order valence-electron chi connectivity index (χ2n) is 8.09. The summed E-state index contributed by atoms with van der Waals surface area (Å²) in [6.45, 7) is 0.568. The van der Waals surface area contributed by atoms with E-state index < -0.39 is 16.2 Å². The minimum Gasteiger partial charge on any atom is -1.00 e. The van der Waals surface area contributed by atoms with Crippen LogP contribution in [-0.2, 0) is 47.7 Å². The third-order valence-corrected chi connectivity index (χ3v) is 7.33. The molecule has 0 fully saturated rings. The molecule has 1 aromatic carbocycles. The van der Waals surface area contributed by atoms with Gasteiger partial charge in [-0.25, -0.2) is 9.52 Å². The van der Waals surface area contributed by atoms with Crippen molar-refractivity contribution in [3.8, 4) is 0 Å². The molecule has 0 atom stereocenters. The zero-order chi connectivity index (χ0) is 22.0. The van der Waals surface area contributed by atoms with Crippen LogP contribution in [0, 0.1) is 0 Å². The number of hydrogen-bond donors (Lipinski definition) is 2. The Kier molecular flexibility index (Phi) is 8.26. The van der Waals surface area contributed by atoms with Crippen LogP contribution in [0.3, 0.4) is 0 Å². The molecular formula is C21H30N5NaO4S. The Hall–Kier alpha value is -1.59. The fourth-order valence-corrected chi connectivity index (χ4v) is 5.69. The number of aromatic nitrogens is 2. The van der Waals surface area contributed by atoms with Crippen molar-refractivity contribution >= 4 is 27.6 Å². The van der Waals surface area contributed by atoms with Crippen LogP contribution >= 0.6 is 0 Å². The fourth-order valence-electron chi connectivity index (χ4n) is 4.56. The SMILES string of the molecule is COCCCN(c1cnn(C)c1)S(=O)(=O)NC(=O)Nc1c2c(cc3c1CCC3)CCC2.[H-].[Na+]. The van der Waals surface area contributed by atoms with E-state index in [0.29, 0.717) is 18.7 Å². The number of nitrogens with one attached hydrogen (secondary N) is 2. The standard InChI is InChI=1S/C21H29N5O4S.Na.H/c1-25-14-17(13-22-25)26(10-5-11-30-2)31(28,29)24-21(27)23-20-18-8-3-6-15(18)12-16-7-4-9-19(16)20;;/h12-14H,3-11H2,1-2H3,(H2,23,24,27);;/q;+1;-1. The number of rotatable bonds is 8. The molecule has 32 heavy (non-hydrogen) atoms. The molecule has 9 nitrogen and oxygen atoms in total. The normalized spacial score (nSPS) is 14.4. The van der Waals surface area contributed by atoms with Crippen molar-refractivity contribution in [1.82, 2.24) is 14.5 Å². The Bertz CT molecular complexity index is 1060. The summed E-state index contributed by atoms with van der Waals surface area (Å²) in [6, 6.07) is 1.53. The van der Waals surface area contributed by atoms with Crippen molar-refractivity contribution < 1.29 is 48.9 Å². The van der Waals surface area contributed by atoms with Gasteiger partial charge in [-0.2, -0.15) is 13.5 Å². The van der Waals surface area contributed by atoms with Crippen LogP contribution in [0.15, 0.2) is 18.5 Å². The van der Waals surface area contributed by atoms with E-state index in [0.717, 1.165) is 59.6 Å². The van der Waals surface area contributed by atoms with Gasteiger partial charge in [0.05, 0.1) is 11.9 Å². The van der Waals surface area contributed by atoms with Crippen molar-refractivity contribution in [1.29, 1.82) is 0 Å². The molecule has 0 radical (unpaired) electrons. The van der Waals surface area contributed by atoms with Gasteiger partial charge in [0.1, 0.15) is 0 Å². The van der Waals surface area contributed by atoms with Crippen molar-refractivity contribution in [2.24, 2.45) is 7.05 Å². The van der Waals surface area contributed by atoms with Gasteiger partial charge in [0.15, 0.2) is 0 Å². The maximum Gasteiger partial charge on any atom is 1.00 e. The first-order valence-electron chi connectivity index (χ1n) is 10.6. The van der Waals surface area contributed by atoms with E-state index in [4.69, 9.17) is 4.74 Å². The van der Waals surface area contributed by atoms with Gasteiger partial charge in [-0.15, -0.1) is 0 Å². The number of hydrogen-bond acceptors (Lipinski definition) is 5. The molecule has 1 heterocycles. The summed E-state index contributed by atoms with van der Waals surface area (Å²) in [5.41, 5.74) is 6.04. The van der Waals surface area contributed by atoms with Crippen LogP contribution < -0.4 is 43.9 Å². The van der Waals surface area contributed by atoms with Crippen LogP contribution in [0.4, 0.5) is 16.2 Å². The smallest absolute Gasteiger partial charge is 1.00 e. The molecule has 2 aliphatic rings. The van der Waals surface area contributed by atoms with E-state index >= 15 is 0 Å². The van der Waals surface area contributed by atoms with Gasteiger partial charge >= 0.3 is 45.8 Å². The molecule has 0 saturated heterocycles. The summed E-state index contributed by atoms with van der Waals surface area (Å²) in [7, 11) is -0.858. The van der Waals surface area contributed by atoms with Gasteiger partial charge in [0, 0.05) is 39.2 Å². The number of methoxy groups -OCH3 is 1. The van der Waals surface area contributed by atoms with Crippen LogP contribution in [0.2, 0.25) is 0 Å². The zero-order valence-electron chi connectivity index (χ0n) is 20.0. The van der Waals surface area contributed by atoms with Gasteiger partial charge in [0.2, 0.25) is 0 Å². The van der Waals surface area contributed by atoms with E-state index in [1.165, 1.54) is 22.0 Å². The predicted molar refractivity (Wildman–Crippen MR) is 120 cm³/mol. The Labute approximate surface area is 212 Å². The van der Waals surface area contributed by atoms with Gasteiger partial charge in [-0.05, 0) is 67.2 Å². The molecule has 2 aliphatic carbocycles. The number of aryl methyl sites for hydroxylation is 3. The van der Waals surface area contributed by atoms with Gasteiger partial charge < -0.3 is 11.5 Å². The number of anilines is 2. The third-order valence-electron chi connectivity index (χ3n) is 5.91. The third kappa shape index (κ3) is 5.31. The summed E-state index contributed by atoms with van der Waals surface area (Å²) < 4.78 is 36.1. The second kappa shape index (κ2) is 10.6. The Morgan fingerprint density at radius 2 is 1.88 bits per heavy atom. The number of fused-ring (bicyclic) bond motifs is 2. The van der Waals surface area contributed by atoms with Crippen LogP contribution in [-0.4, -0.2) is 44.5 Å². The van der Waals surface area contributed by atoms with Crippen molar-refractivity contribution in [3.63, 3.8) is 0 Å². The Morgan fingerprint density at radius 1 is 1.22 bits per heavy atom. The van der Waals surface area contributed by atoms with Gasteiger partial charge in [0.25, 0.3) is 0 Å². The minimum atomic E-state index is -4.13. The van der Waals surface area contributed by atoms with E-state index in [2.05, 4.69) is 21.2 Å². The van der Waals surface area contributed by atoms with Crippen LogP contribution in [0.25, 0.3) is 0 Å². The number of amides is 2. The minimum absolute atomic E-state index is 0. The number of carbonyl (C=O) groups excluding carboxylic acids is 1. The maximum atomic E-state index is 13.1. The number of nitrogens with zero attached hydrogens (tertiary/aromatic N) is 3. The fraction of sp³-hybridized carbons (Fsp3) is 0.524. The van der Waals surface area contributed by atoms with E-state index in [1.807, 2.05) is 0 Å². The van der Waals surface area contributed by atoms with Gasteiger partial charge in [-0.3, -0.25) is 8.99 Å². The molecule has 2 aromatic rings. The molecule has 2 amide bonds.